The van der Waals surface area contributed by atoms with Crippen molar-refractivity contribution in [1.82, 2.24) is 14.5 Å². The van der Waals surface area contributed by atoms with E-state index in [4.69, 9.17) is 0 Å². The van der Waals surface area contributed by atoms with Crippen LogP contribution < -0.4 is 5.32 Å². The molecule has 31 heavy (non-hydrogen) atoms. The van der Waals surface area contributed by atoms with E-state index in [-0.39, 0.29) is 17.3 Å². The number of benzene rings is 2. The Morgan fingerprint density at radius 2 is 1.68 bits per heavy atom. The van der Waals surface area contributed by atoms with Crippen LogP contribution in [-0.4, -0.2) is 49.2 Å². The van der Waals surface area contributed by atoms with E-state index < -0.39 is 21.9 Å². The minimum absolute atomic E-state index is 0.00242. The van der Waals surface area contributed by atoms with Crippen molar-refractivity contribution in [2.45, 2.75) is 50.7 Å². The lowest BCUT2D eigenvalue weighted by atomic mass is 10.1. The zero-order valence-electron chi connectivity index (χ0n) is 18.1. The topological polar surface area (TPSA) is 69.7 Å². The van der Waals surface area contributed by atoms with Gasteiger partial charge in [-0.25, -0.2) is 12.8 Å². The molecule has 6 nitrogen and oxygen atoms in total. The largest absolute Gasteiger partial charge is 0.351 e. The van der Waals surface area contributed by atoms with E-state index in [1.807, 2.05) is 12.1 Å². The summed E-state index contributed by atoms with van der Waals surface area (Å²) in [7, 11) is -3.85. The van der Waals surface area contributed by atoms with E-state index in [9.17, 15) is 17.6 Å². The van der Waals surface area contributed by atoms with Crippen molar-refractivity contribution in [2.75, 3.05) is 19.6 Å². The summed E-state index contributed by atoms with van der Waals surface area (Å²) in [6.07, 6.45) is 1.08. The van der Waals surface area contributed by atoms with E-state index in [0.717, 1.165) is 37.3 Å². The van der Waals surface area contributed by atoms with Crippen LogP contribution in [-0.2, 0) is 27.9 Å². The highest BCUT2D eigenvalue weighted by Crippen LogP contribution is 2.26. The normalized spacial score (nSPS) is 17.2. The second kappa shape index (κ2) is 10.3. The summed E-state index contributed by atoms with van der Waals surface area (Å²) in [5.74, 6) is -0.812. The van der Waals surface area contributed by atoms with Gasteiger partial charge in [0.15, 0.2) is 0 Å². The number of halogens is 1. The second-order valence-electron chi connectivity index (χ2n) is 7.72. The highest BCUT2D eigenvalue weighted by atomic mass is 32.2. The maximum atomic E-state index is 13.2. The van der Waals surface area contributed by atoms with Gasteiger partial charge in [0.05, 0.1) is 4.90 Å². The molecule has 0 aliphatic carbocycles. The number of amides is 1. The fourth-order valence-electron chi connectivity index (χ4n) is 3.81. The summed E-state index contributed by atoms with van der Waals surface area (Å²) in [6, 6.07) is 12.0. The van der Waals surface area contributed by atoms with Gasteiger partial charge < -0.3 is 5.32 Å². The molecule has 1 amide bonds. The Balaban J connectivity index is 1.61. The number of sulfonamides is 1. The Morgan fingerprint density at radius 3 is 2.29 bits per heavy atom. The lowest BCUT2D eigenvalue weighted by Gasteiger charge is -2.23. The third-order valence-corrected chi connectivity index (χ3v) is 7.64. The van der Waals surface area contributed by atoms with E-state index >= 15 is 0 Å². The molecule has 1 heterocycles. The van der Waals surface area contributed by atoms with Crippen LogP contribution in [0.3, 0.4) is 0 Å². The Bertz CT molecular complexity index is 974. The van der Waals surface area contributed by atoms with Gasteiger partial charge in [-0.2, -0.15) is 4.31 Å². The summed E-state index contributed by atoms with van der Waals surface area (Å²) in [5.41, 5.74) is 2.17. The van der Waals surface area contributed by atoms with Gasteiger partial charge in [0, 0.05) is 19.6 Å². The molecule has 1 aliphatic heterocycles. The number of nitrogens with one attached hydrogen (secondary N) is 1. The summed E-state index contributed by atoms with van der Waals surface area (Å²) in [4.78, 5) is 15.1. The highest BCUT2D eigenvalue weighted by molar-refractivity contribution is 7.89. The lowest BCUT2D eigenvalue weighted by molar-refractivity contribution is -0.124. The molecular weight excluding hydrogens is 417 g/mol. The molecule has 1 aliphatic rings. The molecule has 0 spiro atoms. The molecule has 2 aromatic rings. The van der Waals surface area contributed by atoms with Gasteiger partial charge in [0.25, 0.3) is 0 Å². The van der Waals surface area contributed by atoms with Crippen molar-refractivity contribution in [2.24, 2.45) is 0 Å². The number of hydrogen-bond acceptors (Lipinski definition) is 4. The molecule has 1 atom stereocenters. The molecule has 1 unspecified atom stereocenters. The summed E-state index contributed by atoms with van der Waals surface area (Å²) in [5, 5.41) is 2.87. The van der Waals surface area contributed by atoms with E-state index in [1.165, 1.54) is 22.0 Å². The first-order valence-corrected chi connectivity index (χ1v) is 12.1. The predicted molar refractivity (Wildman–Crippen MR) is 118 cm³/mol. The fraction of sp³-hybridized carbons (Fsp3) is 0.435. The van der Waals surface area contributed by atoms with Crippen molar-refractivity contribution in [3.05, 3.63) is 65.5 Å². The van der Waals surface area contributed by atoms with Crippen LogP contribution >= 0.6 is 0 Å². The highest BCUT2D eigenvalue weighted by Gasteiger charge is 2.39. The number of carbonyl (C=O) groups is 1. The third-order valence-electron chi connectivity index (χ3n) is 5.72. The quantitative estimate of drug-likeness (QED) is 0.641. The lowest BCUT2D eigenvalue weighted by Crippen LogP contribution is -2.45. The van der Waals surface area contributed by atoms with Gasteiger partial charge >= 0.3 is 0 Å². The van der Waals surface area contributed by atoms with Crippen LogP contribution in [0, 0.1) is 5.82 Å². The van der Waals surface area contributed by atoms with Gasteiger partial charge in [-0.05, 0) is 61.3 Å². The molecule has 0 saturated carbocycles. The molecule has 1 fully saturated rings. The van der Waals surface area contributed by atoms with Crippen molar-refractivity contribution < 1.29 is 17.6 Å². The Hall–Kier alpha value is -2.29. The van der Waals surface area contributed by atoms with Gasteiger partial charge in [0.1, 0.15) is 11.9 Å². The standard InChI is InChI=1S/C23H30FN3O3S/c1-3-26(4-2)17-19-9-7-18(8-10-19)16-25-23(28)22-6-5-15-27(22)31(29,30)21-13-11-20(24)12-14-21/h7-14,22H,3-6,15-17H2,1-2H3,(H,25,28). The second-order valence-corrected chi connectivity index (χ2v) is 9.61. The van der Waals surface area contributed by atoms with Crippen LogP contribution in [0.4, 0.5) is 4.39 Å². The smallest absolute Gasteiger partial charge is 0.243 e. The average molecular weight is 448 g/mol. The minimum atomic E-state index is -3.85. The fourth-order valence-corrected chi connectivity index (χ4v) is 5.46. The molecule has 1 saturated heterocycles. The molecular formula is C23H30FN3O3S. The van der Waals surface area contributed by atoms with Crippen molar-refractivity contribution >= 4 is 15.9 Å². The zero-order valence-corrected chi connectivity index (χ0v) is 18.9. The maximum Gasteiger partial charge on any atom is 0.243 e. The molecule has 3 rings (SSSR count). The number of rotatable bonds is 9. The number of nitrogens with zero attached hydrogens (tertiary/aromatic N) is 2. The Labute approximate surface area is 184 Å². The molecule has 1 N–H and O–H groups in total. The molecule has 2 aromatic carbocycles. The molecule has 168 valence electrons. The van der Waals surface area contributed by atoms with Crippen molar-refractivity contribution in [1.29, 1.82) is 0 Å². The first-order valence-electron chi connectivity index (χ1n) is 10.7. The van der Waals surface area contributed by atoms with Crippen molar-refractivity contribution in [3.8, 4) is 0 Å². The van der Waals surface area contributed by atoms with Crippen LogP contribution in [0.15, 0.2) is 53.4 Å². The Morgan fingerprint density at radius 1 is 1.06 bits per heavy atom. The van der Waals surface area contributed by atoms with Crippen LogP contribution in [0.25, 0.3) is 0 Å². The summed E-state index contributed by atoms with van der Waals surface area (Å²) in [6.45, 7) is 7.76. The van der Waals surface area contributed by atoms with E-state index in [2.05, 4.69) is 36.2 Å². The Kier molecular flexibility index (Phi) is 7.80. The SMILES string of the molecule is CCN(CC)Cc1ccc(CNC(=O)C2CCCN2S(=O)(=O)c2ccc(F)cc2)cc1. The minimum Gasteiger partial charge on any atom is -0.351 e. The zero-order chi connectivity index (χ0) is 22.4. The summed E-state index contributed by atoms with van der Waals surface area (Å²) < 4.78 is 40.3. The monoisotopic (exact) mass is 447 g/mol. The molecule has 8 heteroatoms. The van der Waals surface area contributed by atoms with E-state index in [1.54, 1.807) is 0 Å². The first kappa shape index (κ1) is 23.4. The third kappa shape index (κ3) is 5.70. The predicted octanol–water partition coefficient (Wildman–Crippen LogP) is 3.14. The maximum absolute atomic E-state index is 13.2. The van der Waals surface area contributed by atoms with Gasteiger partial charge in [-0.3, -0.25) is 9.69 Å². The van der Waals surface area contributed by atoms with E-state index in [0.29, 0.717) is 19.4 Å². The number of hydrogen-bond donors (Lipinski definition) is 1. The van der Waals surface area contributed by atoms with Gasteiger partial charge in [-0.15, -0.1) is 0 Å². The molecule has 0 bridgehead atoms. The molecule has 0 radical (unpaired) electrons. The van der Waals surface area contributed by atoms with Gasteiger partial charge in [0.2, 0.25) is 15.9 Å². The first-order chi connectivity index (χ1) is 14.8. The number of carbonyl (C=O) groups excluding carboxylic acids is 1. The molecule has 0 aromatic heterocycles. The van der Waals surface area contributed by atoms with Crippen molar-refractivity contribution in [3.63, 3.8) is 0 Å². The summed E-state index contributed by atoms with van der Waals surface area (Å²) >= 11 is 0. The van der Waals surface area contributed by atoms with Crippen LogP contribution in [0.2, 0.25) is 0 Å². The van der Waals surface area contributed by atoms with Crippen LogP contribution in [0.5, 0.6) is 0 Å². The van der Waals surface area contributed by atoms with Gasteiger partial charge in [-0.1, -0.05) is 38.1 Å². The average Bonchev–Trinajstić information content (AvgIpc) is 3.28. The van der Waals surface area contributed by atoms with Crippen LogP contribution in [0.1, 0.15) is 37.8 Å².